The Morgan fingerprint density at radius 3 is 1.97 bits per heavy atom. The molecule has 9 nitrogen and oxygen atoms in total. The first-order valence-electron chi connectivity index (χ1n) is 9.87. The lowest BCUT2D eigenvalue weighted by molar-refractivity contribution is -0.170. The molecule has 1 aromatic heterocycles. The van der Waals surface area contributed by atoms with Gasteiger partial charge >= 0.3 is 17.9 Å². The molecule has 0 atom stereocenters. The second-order valence-corrected chi connectivity index (χ2v) is 8.22. The van der Waals surface area contributed by atoms with Crippen molar-refractivity contribution in [1.82, 2.24) is 4.90 Å². The summed E-state index contributed by atoms with van der Waals surface area (Å²) in [4.78, 5) is 45.8. The van der Waals surface area contributed by atoms with Gasteiger partial charge in [0.2, 0.25) is 0 Å². The van der Waals surface area contributed by atoms with Crippen molar-refractivity contribution in [2.45, 2.75) is 24.9 Å². The molecule has 4 N–H and O–H groups in total. The number of Topliss-reactive ketones (excluding diaryl/α,β-unsaturated/α-hetero) is 1. The van der Waals surface area contributed by atoms with Crippen molar-refractivity contribution in [3.05, 3.63) is 60.5 Å². The molecule has 0 aliphatic heterocycles. The summed E-state index contributed by atoms with van der Waals surface area (Å²) in [6, 6.07) is 10.1. The van der Waals surface area contributed by atoms with Crippen LogP contribution in [0, 0.1) is 0 Å². The molecule has 0 radical (unpaired) electrons. The fraction of sp³-hybridized carbons (Fsp3) is 0.304. The summed E-state index contributed by atoms with van der Waals surface area (Å²) in [7, 11) is 0. The summed E-state index contributed by atoms with van der Waals surface area (Å²) in [5.74, 6) is -4.81. The predicted octanol–water partition coefficient (Wildman–Crippen LogP) is 2.90. The van der Waals surface area contributed by atoms with Gasteiger partial charge in [0, 0.05) is 30.8 Å². The topological polar surface area (TPSA) is 152 Å². The monoisotopic (exact) mass is 477 g/mol. The summed E-state index contributed by atoms with van der Waals surface area (Å²) < 4.78 is 1.17. The van der Waals surface area contributed by atoms with Crippen LogP contribution in [0.25, 0.3) is 10.1 Å². The number of carboxylic acid groups (broad SMARTS) is 3. The third-order valence-electron chi connectivity index (χ3n) is 4.42. The molecule has 2 rings (SSSR count). The SMILES string of the molecule is C=CCN(CC=C)CCC(=O)c1cc2ccccc2s1.O=C(O)CC(O)(CC(=O)O)C(=O)O. The number of carbonyl (C=O) groups is 4. The molecule has 0 unspecified atom stereocenters. The van der Waals surface area contributed by atoms with E-state index in [-0.39, 0.29) is 5.78 Å². The average molecular weight is 478 g/mol. The molecule has 0 fully saturated rings. The molecule has 178 valence electrons. The van der Waals surface area contributed by atoms with Crippen molar-refractivity contribution in [3.63, 3.8) is 0 Å². The zero-order valence-corrected chi connectivity index (χ0v) is 18.8. The van der Waals surface area contributed by atoms with Crippen LogP contribution in [0.1, 0.15) is 28.9 Å². The van der Waals surface area contributed by atoms with Gasteiger partial charge in [-0.1, -0.05) is 30.4 Å². The van der Waals surface area contributed by atoms with Gasteiger partial charge in [-0.2, -0.15) is 0 Å². The van der Waals surface area contributed by atoms with Crippen LogP contribution in [-0.2, 0) is 14.4 Å². The van der Waals surface area contributed by atoms with Crippen molar-refractivity contribution < 1.29 is 39.6 Å². The van der Waals surface area contributed by atoms with Gasteiger partial charge in [-0.25, -0.2) is 4.79 Å². The number of hydrogen-bond donors (Lipinski definition) is 4. The maximum Gasteiger partial charge on any atom is 0.336 e. The number of aliphatic hydroxyl groups is 1. The van der Waals surface area contributed by atoms with Crippen molar-refractivity contribution in [2.24, 2.45) is 0 Å². The number of carboxylic acids is 3. The maximum atomic E-state index is 12.3. The highest BCUT2D eigenvalue weighted by Gasteiger charge is 2.40. The van der Waals surface area contributed by atoms with E-state index in [1.165, 1.54) is 4.70 Å². The Morgan fingerprint density at radius 1 is 0.970 bits per heavy atom. The number of nitrogens with zero attached hydrogens (tertiary/aromatic N) is 1. The number of rotatable bonds is 13. The molecule has 0 spiro atoms. The number of hydrogen-bond acceptors (Lipinski definition) is 7. The van der Waals surface area contributed by atoms with Crippen LogP contribution in [0.4, 0.5) is 0 Å². The Balaban J connectivity index is 0.000000366. The Labute approximate surface area is 194 Å². The minimum absolute atomic E-state index is 0.212. The second-order valence-electron chi connectivity index (χ2n) is 7.14. The van der Waals surface area contributed by atoms with E-state index in [4.69, 9.17) is 20.4 Å². The quantitative estimate of drug-likeness (QED) is 0.252. The number of aliphatic carboxylic acids is 3. The molecule has 10 heteroatoms. The van der Waals surface area contributed by atoms with Crippen LogP contribution >= 0.6 is 11.3 Å². The summed E-state index contributed by atoms with van der Waals surface area (Å²) in [5, 5.41) is 35.0. The first-order valence-corrected chi connectivity index (χ1v) is 10.7. The minimum atomic E-state index is -2.74. The molecule has 1 heterocycles. The lowest BCUT2D eigenvalue weighted by Gasteiger charge is -2.18. The summed E-state index contributed by atoms with van der Waals surface area (Å²) in [6.07, 6.45) is 1.96. The average Bonchev–Trinajstić information content (AvgIpc) is 3.16. The van der Waals surface area contributed by atoms with Gasteiger partial charge < -0.3 is 20.4 Å². The molecule has 33 heavy (non-hydrogen) atoms. The van der Waals surface area contributed by atoms with E-state index in [1.54, 1.807) is 11.3 Å². The standard InChI is InChI=1S/C17H19NOS.C6H8O7/c1-3-10-18(11-4-2)12-9-15(19)17-13-14-7-5-6-8-16(14)20-17;7-3(8)1-6(13,5(11)12)2-4(9)10/h3-8,13H,1-2,9-12H2;13H,1-2H2,(H,7,8)(H,9,10)(H,11,12). The van der Waals surface area contributed by atoms with Gasteiger partial charge in [-0.05, 0) is 17.5 Å². The lowest BCUT2D eigenvalue weighted by Crippen LogP contribution is -2.42. The smallest absolute Gasteiger partial charge is 0.336 e. The second kappa shape index (κ2) is 13.3. The van der Waals surface area contributed by atoms with Crippen LogP contribution < -0.4 is 0 Å². The van der Waals surface area contributed by atoms with E-state index in [2.05, 4.69) is 24.1 Å². The van der Waals surface area contributed by atoms with E-state index in [1.807, 2.05) is 36.4 Å². The number of thiophene rings is 1. The zero-order valence-electron chi connectivity index (χ0n) is 18.0. The van der Waals surface area contributed by atoms with Gasteiger partial charge in [0.15, 0.2) is 11.4 Å². The third kappa shape index (κ3) is 9.36. The molecule has 0 saturated carbocycles. The Hall–Kier alpha value is -3.34. The van der Waals surface area contributed by atoms with Crippen molar-refractivity contribution in [1.29, 1.82) is 0 Å². The molecule has 0 aliphatic rings. The molecular weight excluding hydrogens is 450 g/mol. The first kappa shape index (κ1) is 27.7. The van der Waals surface area contributed by atoms with Gasteiger partial charge in [0.1, 0.15) is 0 Å². The summed E-state index contributed by atoms with van der Waals surface area (Å²) in [5.41, 5.74) is -2.74. The highest BCUT2D eigenvalue weighted by Crippen LogP contribution is 2.26. The number of benzene rings is 1. The van der Waals surface area contributed by atoms with Crippen LogP contribution in [0.15, 0.2) is 55.6 Å². The van der Waals surface area contributed by atoms with Crippen LogP contribution in [0.3, 0.4) is 0 Å². The minimum Gasteiger partial charge on any atom is -0.481 e. The first-order chi connectivity index (χ1) is 15.5. The molecule has 2 aromatic rings. The van der Waals surface area contributed by atoms with Crippen molar-refractivity contribution in [2.75, 3.05) is 19.6 Å². The molecule has 1 aromatic carbocycles. The van der Waals surface area contributed by atoms with E-state index >= 15 is 0 Å². The molecule has 0 aliphatic carbocycles. The Morgan fingerprint density at radius 2 is 1.52 bits per heavy atom. The molecule has 0 bridgehead atoms. The van der Waals surface area contributed by atoms with Crippen molar-refractivity contribution in [3.8, 4) is 0 Å². The normalized spacial score (nSPS) is 10.8. The predicted molar refractivity (Wildman–Crippen MR) is 125 cm³/mol. The van der Waals surface area contributed by atoms with E-state index in [0.717, 1.165) is 29.9 Å². The number of ketones is 1. The fourth-order valence-electron chi connectivity index (χ4n) is 2.84. The molecule has 0 amide bonds. The highest BCUT2D eigenvalue weighted by atomic mass is 32.1. The van der Waals surface area contributed by atoms with Gasteiger partial charge in [0.05, 0.1) is 17.7 Å². The van der Waals surface area contributed by atoms with Crippen LogP contribution in [-0.4, -0.2) is 74.3 Å². The molecular formula is C23H27NO8S. The van der Waals surface area contributed by atoms with Crippen LogP contribution in [0.2, 0.25) is 0 Å². The molecule has 0 saturated heterocycles. The summed E-state index contributed by atoms with van der Waals surface area (Å²) in [6.45, 7) is 9.78. The van der Waals surface area contributed by atoms with E-state index in [9.17, 15) is 19.2 Å². The third-order valence-corrected chi connectivity index (χ3v) is 5.57. The zero-order chi connectivity index (χ0) is 25.0. The Bertz CT molecular complexity index is 954. The summed E-state index contributed by atoms with van der Waals surface area (Å²) >= 11 is 1.58. The maximum absolute atomic E-state index is 12.3. The Kier molecular flexibility index (Phi) is 11.1. The number of carbonyl (C=O) groups excluding carboxylic acids is 1. The van der Waals surface area contributed by atoms with Crippen LogP contribution in [0.5, 0.6) is 0 Å². The van der Waals surface area contributed by atoms with Gasteiger partial charge in [-0.15, -0.1) is 24.5 Å². The highest BCUT2D eigenvalue weighted by molar-refractivity contribution is 7.20. The van der Waals surface area contributed by atoms with Crippen molar-refractivity contribution >= 4 is 45.1 Å². The fourth-order valence-corrected chi connectivity index (χ4v) is 3.87. The lowest BCUT2D eigenvalue weighted by atomic mass is 9.96. The van der Waals surface area contributed by atoms with E-state index < -0.39 is 36.4 Å². The van der Waals surface area contributed by atoms with E-state index in [0.29, 0.717) is 6.42 Å². The van der Waals surface area contributed by atoms with Gasteiger partial charge in [0.25, 0.3) is 0 Å². The van der Waals surface area contributed by atoms with Gasteiger partial charge in [-0.3, -0.25) is 19.3 Å². The largest absolute Gasteiger partial charge is 0.481 e. The number of fused-ring (bicyclic) bond motifs is 1.